The highest BCUT2D eigenvalue weighted by molar-refractivity contribution is 8.00. The Balaban J connectivity index is 1.37. The number of hydrogen-bond acceptors (Lipinski definition) is 10. The van der Waals surface area contributed by atoms with E-state index < -0.39 is 10.8 Å². The van der Waals surface area contributed by atoms with Crippen molar-refractivity contribution in [3.8, 4) is 17.6 Å². The van der Waals surface area contributed by atoms with Crippen LogP contribution in [0.1, 0.15) is 16.7 Å². The van der Waals surface area contributed by atoms with E-state index in [2.05, 4.69) is 21.6 Å². The average Bonchev–Trinajstić information content (AvgIpc) is 3.44. The molecule has 2 heterocycles. The van der Waals surface area contributed by atoms with Crippen molar-refractivity contribution in [1.82, 2.24) is 10.2 Å². The van der Waals surface area contributed by atoms with Gasteiger partial charge < -0.3 is 9.47 Å². The standard InChI is InChI=1S/C20H13N5O5S2/c21-9-12-1-3-13(4-2-12)10-31-20-24-23-19(32-20)22-18(26)6-5-14-7-16-17(30-11-29-16)8-15(14)25(27)28/h1-8H,10-11H2,(H,22,23,26)/b6-5+. The van der Waals surface area contributed by atoms with Crippen molar-refractivity contribution in [1.29, 1.82) is 5.26 Å². The zero-order valence-electron chi connectivity index (χ0n) is 16.2. The molecule has 2 aromatic carbocycles. The van der Waals surface area contributed by atoms with E-state index in [0.29, 0.717) is 26.5 Å². The van der Waals surface area contributed by atoms with E-state index >= 15 is 0 Å². The third kappa shape index (κ3) is 5.02. The molecule has 0 spiro atoms. The Morgan fingerprint density at radius 2 is 2.03 bits per heavy atom. The number of aromatic nitrogens is 2. The van der Waals surface area contributed by atoms with Gasteiger partial charge in [-0.05, 0) is 29.8 Å². The smallest absolute Gasteiger partial charge is 0.280 e. The number of hydrogen-bond donors (Lipinski definition) is 1. The number of carbonyl (C=O) groups excluding carboxylic acids is 1. The highest BCUT2D eigenvalue weighted by atomic mass is 32.2. The SMILES string of the molecule is N#Cc1ccc(CSc2nnc(NC(=O)/C=C/c3cc4c(cc3[N+](=O)[O-])OCO4)s2)cc1. The number of nitrogens with zero attached hydrogens (tertiary/aromatic N) is 4. The van der Waals surface area contributed by atoms with Crippen LogP contribution in [0.25, 0.3) is 6.08 Å². The molecular weight excluding hydrogens is 454 g/mol. The molecule has 32 heavy (non-hydrogen) atoms. The summed E-state index contributed by atoms with van der Waals surface area (Å²) >= 11 is 2.67. The molecule has 1 aliphatic rings. The van der Waals surface area contributed by atoms with E-state index in [1.807, 2.05) is 12.1 Å². The fourth-order valence-corrected chi connectivity index (χ4v) is 4.40. The lowest BCUT2D eigenvalue weighted by Crippen LogP contribution is -2.07. The lowest BCUT2D eigenvalue weighted by molar-refractivity contribution is -0.385. The zero-order valence-corrected chi connectivity index (χ0v) is 17.8. The number of fused-ring (bicyclic) bond motifs is 1. The second-order valence-electron chi connectivity index (χ2n) is 6.31. The minimum absolute atomic E-state index is 0.0112. The number of rotatable bonds is 7. The van der Waals surface area contributed by atoms with Crippen LogP contribution in [0.15, 0.2) is 46.8 Å². The van der Waals surface area contributed by atoms with Gasteiger partial charge in [0.15, 0.2) is 15.8 Å². The van der Waals surface area contributed by atoms with Crippen molar-refractivity contribution >= 4 is 45.9 Å². The Labute approximate surface area is 189 Å². The summed E-state index contributed by atoms with van der Waals surface area (Å²) in [5, 5.41) is 31.0. The molecule has 0 saturated carbocycles. The molecule has 1 aliphatic heterocycles. The molecule has 0 bridgehead atoms. The summed E-state index contributed by atoms with van der Waals surface area (Å²) in [6.45, 7) is -0.0112. The molecule has 3 aromatic rings. The van der Waals surface area contributed by atoms with Crippen LogP contribution in [0.3, 0.4) is 0 Å². The van der Waals surface area contributed by atoms with Crippen LogP contribution in [-0.4, -0.2) is 27.8 Å². The van der Waals surface area contributed by atoms with Gasteiger partial charge in [0.2, 0.25) is 17.8 Å². The molecule has 160 valence electrons. The maximum Gasteiger partial charge on any atom is 0.280 e. The second kappa shape index (κ2) is 9.46. The second-order valence-corrected chi connectivity index (χ2v) is 8.51. The van der Waals surface area contributed by atoms with Gasteiger partial charge in [-0.2, -0.15) is 5.26 Å². The minimum Gasteiger partial charge on any atom is -0.454 e. The first-order chi connectivity index (χ1) is 15.5. The predicted octanol–water partition coefficient (Wildman–Crippen LogP) is 3.99. The zero-order chi connectivity index (χ0) is 22.5. The Kier molecular flexibility index (Phi) is 6.29. The number of carbonyl (C=O) groups is 1. The highest BCUT2D eigenvalue weighted by Crippen LogP contribution is 2.38. The van der Waals surface area contributed by atoms with Gasteiger partial charge in [0.25, 0.3) is 5.69 Å². The normalized spacial score (nSPS) is 12.0. The number of amides is 1. The first-order valence-corrected chi connectivity index (χ1v) is 10.8. The molecule has 4 rings (SSSR count). The number of benzene rings is 2. The number of nitro benzene ring substituents is 1. The number of anilines is 1. The van der Waals surface area contributed by atoms with Crippen LogP contribution in [0.2, 0.25) is 0 Å². The van der Waals surface area contributed by atoms with Gasteiger partial charge in [0.05, 0.1) is 28.2 Å². The quantitative estimate of drug-likeness (QED) is 0.179. The van der Waals surface area contributed by atoms with E-state index in [1.165, 1.54) is 47.4 Å². The third-order valence-electron chi connectivity index (χ3n) is 4.21. The van der Waals surface area contributed by atoms with Crippen LogP contribution < -0.4 is 14.8 Å². The van der Waals surface area contributed by atoms with Crippen LogP contribution in [0.5, 0.6) is 11.5 Å². The topological polar surface area (TPSA) is 140 Å². The molecule has 12 heteroatoms. The predicted molar refractivity (Wildman–Crippen MR) is 118 cm³/mol. The first kappa shape index (κ1) is 21.3. The average molecular weight is 467 g/mol. The Morgan fingerprint density at radius 1 is 1.28 bits per heavy atom. The number of nitrogens with one attached hydrogen (secondary N) is 1. The van der Waals surface area contributed by atoms with Gasteiger partial charge in [0.1, 0.15) is 0 Å². The Hall–Kier alpha value is -3.95. The maximum absolute atomic E-state index is 12.2. The monoisotopic (exact) mass is 467 g/mol. The third-order valence-corrected chi connectivity index (χ3v) is 6.26. The summed E-state index contributed by atoms with van der Waals surface area (Å²) < 4.78 is 11.1. The van der Waals surface area contributed by atoms with Crippen molar-refractivity contribution < 1.29 is 19.2 Å². The molecule has 1 amide bonds. The van der Waals surface area contributed by atoms with Crippen LogP contribution >= 0.6 is 23.1 Å². The molecule has 0 saturated heterocycles. The van der Waals surface area contributed by atoms with E-state index in [0.717, 1.165) is 5.56 Å². The van der Waals surface area contributed by atoms with Gasteiger partial charge in [-0.15, -0.1) is 10.2 Å². The molecule has 1 aromatic heterocycles. The number of nitro groups is 1. The number of ether oxygens (including phenoxy) is 2. The van der Waals surface area contributed by atoms with E-state index in [1.54, 1.807) is 12.1 Å². The van der Waals surface area contributed by atoms with Gasteiger partial charge in [-0.1, -0.05) is 35.2 Å². The largest absolute Gasteiger partial charge is 0.454 e. The van der Waals surface area contributed by atoms with Crippen molar-refractivity contribution in [2.24, 2.45) is 0 Å². The molecule has 0 atom stereocenters. The lowest BCUT2D eigenvalue weighted by atomic mass is 10.1. The van der Waals surface area contributed by atoms with Crippen molar-refractivity contribution in [2.45, 2.75) is 10.1 Å². The fourth-order valence-electron chi connectivity index (χ4n) is 2.69. The molecule has 0 unspecified atom stereocenters. The van der Waals surface area contributed by atoms with E-state index in [9.17, 15) is 14.9 Å². The summed E-state index contributed by atoms with van der Waals surface area (Å²) in [5.74, 6) is 0.806. The van der Waals surface area contributed by atoms with Gasteiger partial charge in [-0.25, -0.2) is 0 Å². The summed E-state index contributed by atoms with van der Waals surface area (Å²) in [6.07, 6.45) is 2.51. The number of nitriles is 1. The summed E-state index contributed by atoms with van der Waals surface area (Å²) in [4.78, 5) is 23.0. The van der Waals surface area contributed by atoms with E-state index in [-0.39, 0.29) is 23.8 Å². The summed E-state index contributed by atoms with van der Waals surface area (Å²) in [7, 11) is 0. The van der Waals surface area contributed by atoms with Crippen LogP contribution in [-0.2, 0) is 10.5 Å². The van der Waals surface area contributed by atoms with Crippen molar-refractivity contribution in [3.63, 3.8) is 0 Å². The fraction of sp³-hybridized carbons (Fsp3) is 0.100. The molecule has 0 fully saturated rings. The first-order valence-electron chi connectivity index (χ1n) is 9.04. The Bertz CT molecular complexity index is 1250. The molecule has 10 nitrogen and oxygen atoms in total. The highest BCUT2D eigenvalue weighted by Gasteiger charge is 2.22. The maximum atomic E-state index is 12.2. The summed E-state index contributed by atoms with van der Waals surface area (Å²) in [5.41, 5.74) is 1.64. The van der Waals surface area contributed by atoms with Gasteiger partial charge >= 0.3 is 0 Å². The van der Waals surface area contributed by atoms with Crippen molar-refractivity contribution in [2.75, 3.05) is 12.1 Å². The minimum atomic E-state index is -0.554. The van der Waals surface area contributed by atoms with Crippen molar-refractivity contribution in [3.05, 3.63) is 69.3 Å². The van der Waals surface area contributed by atoms with E-state index in [4.69, 9.17) is 14.7 Å². The van der Waals surface area contributed by atoms with Crippen LogP contribution in [0, 0.1) is 21.4 Å². The number of thioether (sulfide) groups is 1. The molecule has 0 radical (unpaired) electrons. The Morgan fingerprint density at radius 3 is 2.75 bits per heavy atom. The molecule has 1 N–H and O–H groups in total. The molecular formula is C20H13N5O5S2. The van der Waals surface area contributed by atoms with Crippen LogP contribution in [0.4, 0.5) is 10.8 Å². The summed E-state index contributed by atoms with van der Waals surface area (Å²) in [6, 6.07) is 12.0. The lowest BCUT2D eigenvalue weighted by Gasteiger charge is -2.01. The van der Waals surface area contributed by atoms with Gasteiger partial charge in [0, 0.05) is 11.8 Å². The molecule has 0 aliphatic carbocycles. The van der Waals surface area contributed by atoms with Gasteiger partial charge in [-0.3, -0.25) is 20.2 Å².